The van der Waals surface area contributed by atoms with Crippen LogP contribution in [0.4, 0.5) is 17.1 Å². The van der Waals surface area contributed by atoms with Crippen molar-refractivity contribution < 1.29 is 8.83 Å². The van der Waals surface area contributed by atoms with Gasteiger partial charge in [0.05, 0.1) is 16.8 Å². The van der Waals surface area contributed by atoms with Crippen LogP contribution >= 0.6 is 0 Å². The first-order valence-corrected chi connectivity index (χ1v) is 19.4. The Morgan fingerprint density at radius 1 is 0.316 bits per heavy atom. The fourth-order valence-electron chi connectivity index (χ4n) is 9.02. The zero-order valence-electron chi connectivity index (χ0n) is 30.8. The van der Waals surface area contributed by atoms with Gasteiger partial charge in [-0.05, 0) is 92.0 Å². The Bertz CT molecular complexity index is 3530. The maximum atomic E-state index is 6.80. The number of anilines is 3. The Hall–Kier alpha value is -7.62. The summed E-state index contributed by atoms with van der Waals surface area (Å²) in [5.41, 5.74) is 11.1. The molecule has 0 N–H and O–H groups in total. The summed E-state index contributed by atoms with van der Waals surface area (Å²) >= 11 is 0. The molecule has 0 bridgehead atoms. The molecule has 0 unspecified atom stereocenters. The predicted octanol–water partition coefficient (Wildman–Crippen LogP) is 15.7. The normalized spacial score (nSPS) is 11.9. The number of hydrogen-bond acceptors (Lipinski definition) is 3. The summed E-state index contributed by atoms with van der Waals surface area (Å²) in [6.07, 6.45) is 0. The highest BCUT2D eigenvalue weighted by Gasteiger charge is 2.24. The minimum absolute atomic E-state index is 0.849. The highest BCUT2D eigenvalue weighted by molar-refractivity contribution is 6.17. The van der Waals surface area contributed by atoms with Crippen LogP contribution in [0.5, 0.6) is 0 Å². The molecule has 3 heteroatoms. The largest absolute Gasteiger partial charge is 0.456 e. The van der Waals surface area contributed by atoms with Gasteiger partial charge < -0.3 is 13.7 Å². The summed E-state index contributed by atoms with van der Waals surface area (Å²) in [7, 11) is 0. The lowest BCUT2D eigenvalue weighted by molar-refractivity contribution is 0.669. The van der Waals surface area contributed by atoms with Crippen LogP contribution in [0.2, 0.25) is 0 Å². The van der Waals surface area contributed by atoms with E-state index in [4.69, 9.17) is 8.83 Å². The van der Waals surface area contributed by atoms with Gasteiger partial charge in [-0.3, -0.25) is 0 Å². The van der Waals surface area contributed by atoms with Crippen molar-refractivity contribution in [3.8, 4) is 22.3 Å². The van der Waals surface area contributed by atoms with Gasteiger partial charge in [-0.15, -0.1) is 0 Å². The second kappa shape index (κ2) is 12.5. The van der Waals surface area contributed by atoms with Crippen LogP contribution in [-0.2, 0) is 0 Å². The van der Waals surface area contributed by atoms with Crippen LogP contribution in [0.1, 0.15) is 0 Å². The van der Waals surface area contributed by atoms with Gasteiger partial charge >= 0.3 is 0 Å². The molecule has 0 radical (unpaired) electrons. The van der Waals surface area contributed by atoms with Crippen LogP contribution in [0, 0.1) is 0 Å². The van der Waals surface area contributed by atoms with E-state index in [9.17, 15) is 0 Å². The standard InChI is InChI=1S/C54H33NO2/c1-2-14-37-33-52-47(32-36(37)13-1)45-21-10-20-44(54(45)57-52)43-16-5-7-22-48(43)55(49-23-11-25-51-53(49)46-17-6-8-24-50(46)56-51)38-29-26-35(27-30-38)40-18-9-19-41-39-15-4-3-12-34(39)28-31-42(40)41/h1-33H. The molecule has 12 aromatic rings. The molecule has 0 atom stereocenters. The zero-order chi connectivity index (χ0) is 37.5. The monoisotopic (exact) mass is 727 g/mol. The number of rotatable bonds is 5. The average molecular weight is 728 g/mol. The van der Waals surface area contributed by atoms with Gasteiger partial charge in [0.15, 0.2) is 0 Å². The minimum Gasteiger partial charge on any atom is -0.456 e. The van der Waals surface area contributed by atoms with Gasteiger partial charge in [-0.1, -0.05) is 152 Å². The molecule has 2 aromatic heterocycles. The third kappa shape index (κ3) is 4.92. The Labute approximate surface area is 328 Å². The van der Waals surface area contributed by atoms with Crippen LogP contribution in [0.15, 0.2) is 209 Å². The molecule has 10 aromatic carbocycles. The second-order valence-electron chi connectivity index (χ2n) is 14.8. The molecule has 0 saturated carbocycles. The summed E-state index contributed by atoms with van der Waals surface area (Å²) in [6.45, 7) is 0. The molecule has 57 heavy (non-hydrogen) atoms. The third-order valence-corrected chi connectivity index (χ3v) is 11.6. The minimum atomic E-state index is 0.849. The average Bonchev–Trinajstić information content (AvgIpc) is 3.84. The topological polar surface area (TPSA) is 29.5 Å². The lowest BCUT2D eigenvalue weighted by atomic mass is 9.94. The Morgan fingerprint density at radius 2 is 0.947 bits per heavy atom. The molecule has 3 nitrogen and oxygen atoms in total. The summed E-state index contributed by atoms with van der Waals surface area (Å²) in [4.78, 5) is 2.38. The Kier molecular flexibility index (Phi) is 6.93. The highest BCUT2D eigenvalue weighted by atomic mass is 16.3. The maximum Gasteiger partial charge on any atom is 0.143 e. The first-order chi connectivity index (χ1) is 28.3. The van der Waals surface area contributed by atoms with Crippen LogP contribution < -0.4 is 4.90 Å². The number of hydrogen-bond donors (Lipinski definition) is 0. The lowest BCUT2D eigenvalue weighted by Gasteiger charge is -2.28. The van der Waals surface area contributed by atoms with E-state index < -0.39 is 0 Å². The van der Waals surface area contributed by atoms with Gasteiger partial charge in [-0.2, -0.15) is 0 Å². The van der Waals surface area contributed by atoms with Gasteiger partial charge in [-0.25, -0.2) is 0 Å². The van der Waals surface area contributed by atoms with Crippen molar-refractivity contribution in [2.24, 2.45) is 0 Å². The molecule has 0 saturated heterocycles. The van der Waals surface area contributed by atoms with Gasteiger partial charge in [0, 0.05) is 33.0 Å². The van der Waals surface area contributed by atoms with E-state index in [1.54, 1.807) is 0 Å². The summed E-state index contributed by atoms with van der Waals surface area (Å²) in [5, 5.41) is 11.8. The number of para-hydroxylation sites is 3. The van der Waals surface area contributed by atoms with Gasteiger partial charge in [0.25, 0.3) is 0 Å². The van der Waals surface area contributed by atoms with Crippen LogP contribution in [0.3, 0.4) is 0 Å². The number of fused-ring (bicyclic) bond motifs is 10. The fraction of sp³-hybridized carbons (Fsp3) is 0. The number of benzene rings is 10. The molecule has 2 heterocycles. The molecule has 0 amide bonds. The molecule has 12 rings (SSSR count). The van der Waals surface area contributed by atoms with Crippen LogP contribution in [-0.4, -0.2) is 0 Å². The molecule has 0 spiro atoms. The first kappa shape index (κ1) is 31.7. The molecule has 0 fully saturated rings. The maximum absolute atomic E-state index is 6.80. The quantitative estimate of drug-likeness (QED) is 0.165. The summed E-state index contributed by atoms with van der Waals surface area (Å²) < 4.78 is 13.3. The molecular formula is C54H33NO2. The van der Waals surface area contributed by atoms with Crippen molar-refractivity contribution in [3.63, 3.8) is 0 Å². The Morgan fingerprint density at radius 3 is 1.82 bits per heavy atom. The smallest absolute Gasteiger partial charge is 0.143 e. The first-order valence-electron chi connectivity index (χ1n) is 19.4. The van der Waals surface area contributed by atoms with Gasteiger partial charge in [0.2, 0.25) is 0 Å². The van der Waals surface area contributed by atoms with Gasteiger partial charge in [0.1, 0.15) is 22.3 Å². The van der Waals surface area contributed by atoms with Crippen molar-refractivity contribution in [2.45, 2.75) is 0 Å². The van der Waals surface area contributed by atoms with Crippen molar-refractivity contribution in [1.82, 2.24) is 0 Å². The van der Waals surface area contributed by atoms with Crippen LogP contribution in [0.25, 0.3) is 98.4 Å². The second-order valence-corrected chi connectivity index (χ2v) is 14.8. The van der Waals surface area contributed by atoms with E-state index in [1.807, 2.05) is 12.1 Å². The van der Waals surface area contributed by atoms with E-state index in [-0.39, 0.29) is 0 Å². The Balaban J connectivity index is 1.08. The highest BCUT2D eigenvalue weighted by Crippen LogP contribution is 2.48. The number of furan rings is 2. The van der Waals surface area contributed by atoms with E-state index in [1.165, 1.54) is 38.1 Å². The molecule has 266 valence electrons. The third-order valence-electron chi connectivity index (χ3n) is 11.6. The summed E-state index contributed by atoms with van der Waals surface area (Å²) in [5.74, 6) is 0. The van der Waals surface area contributed by atoms with Crippen molar-refractivity contribution in [2.75, 3.05) is 4.90 Å². The zero-order valence-corrected chi connectivity index (χ0v) is 30.8. The fourth-order valence-corrected chi connectivity index (χ4v) is 9.02. The van der Waals surface area contributed by atoms with E-state index in [2.05, 4.69) is 193 Å². The SMILES string of the molecule is c1ccc(N(c2ccc(-c3cccc4c3ccc3ccccc34)cc2)c2cccc3oc4ccccc4c23)c(-c2cccc3c2oc2cc4ccccc4cc23)c1. The molecular weight excluding hydrogens is 695 g/mol. The molecule has 0 aliphatic carbocycles. The lowest BCUT2D eigenvalue weighted by Crippen LogP contribution is -2.11. The summed E-state index contributed by atoms with van der Waals surface area (Å²) in [6, 6.07) is 71.5. The predicted molar refractivity (Wildman–Crippen MR) is 239 cm³/mol. The van der Waals surface area contributed by atoms with Crippen molar-refractivity contribution in [1.29, 1.82) is 0 Å². The number of nitrogens with zero attached hydrogens (tertiary/aromatic N) is 1. The molecule has 0 aliphatic rings. The van der Waals surface area contributed by atoms with E-state index >= 15 is 0 Å². The van der Waals surface area contributed by atoms with Crippen molar-refractivity contribution >= 4 is 93.3 Å². The van der Waals surface area contributed by atoms with E-state index in [0.29, 0.717) is 0 Å². The van der Waals surface area contributed by atoms with Crippen molar-refractivity contribution in [3.05, 3.63) is 200 Å². The van der Waals surface area contributed by atoms with E-state index in [0.717, 1.165) is 77.5 Å². The molecule has 0 aliphatic heterocycles.